The minimum atomic E-state index is 0.712. The SMILES string of the molecule is c1ccc2c(c1)NCC2CCN1CCCN2CCCC2C1. The van der Waals surface area contributed by atoms with Crippen molar-refractivity contribution in [2.24, 2.45) is 0 Å². The molecule has 3 aliphatic rings. The number of rotatable bonds is 3. The summed E-state index contributed by atoms with van der Waals surface area (Å²) in [4.78, 5) is 5.46. The van der Waals surface area contributed by atoms with Crippen molar-refractivity contribution in [1.29, 1.82) is 0 Å². The molecule has 0 amide bonds. The van der Waals surface area contributed by atoms with Gasteiger partial charge in [-0.15, -0.1) is 0 Å². The van der Waals surface area contributed by atoms with Crippen molar-refractivity contribution in [3.8, 4) is 0 Å². The van der Waals surface area contributed by atoms with Crippen LogP contribution in [0, 0.1) is 0 Å². The van der Waals surface area contributed by atoms with Crippen LogP contribution in [0.5, 0.6) is 0 Å². The molecule has 0 aliphatic carbocycles. The Morgan fingerprint density at radius 2 is 2.00 bits per heavy atom. The molecule has 21 heavy (non-hydrogen) atoms. The van der Waals surface area contributed by atoms with Gasteiger partial charge in [-0.2, -0.15) is 0 Å². The van der Waals surface area contributed by atoms with Gasteiger partial charge in [-0.3, -0.25) is 4.90 Å². The third-order valence-corrected chi connectivity index (χ3v) is 5.62. The smallest absolute Gasteiger partial charge is 0.0376 e. The summed E-state index contributed by atoms with van der Waals surface area (Å²) in [5.74, 6) is 0.712. The second-order valence-electron chi connectivity index (χ2n) is 6.94. The monoisotopic (exact) mass is 285 g/mol. The molecular formula is C18H27N3. The minimum absolute atomic E-state index is 0.712. The Morgan fingerprint density at radius 1 is 1.10 bits per heavy atom. The maximum atomic E-state index is 3.56. The molecule has 2 unspecified atom stereocenters. The lowest BCUT2D eigenvalue weighted by Gasteiger charge is -2.26. The molecule has 1 N–H and O–H groups in total. The number of para-hydroxylation sites is 1. The molecule has 4 rings (SSSR count). The van der Waals surface area contributed by atoms with Crippen LogP contribution in [0.1, 0.15) is 37.2 Å². The molecule has 0 bridgehead atoms. The number of hydrogen-bond donors (Lipinski definition) is 1. The summed E-state index contributed by atoms with van der Waals surface area (Å²) in [6.07, 6.45) is 5.50. The van der Waals surface area contributed by atoms with Crippen molar-refractivity contribution in [3.63, 3.8) is 0 Å². The second-order valence-corrected chi connectivity index (χ2v) is 6.94. The van der Waals surface area contributed by atoms with Gasteiger partial charge in [0.15, 0.2) is 0 Å². The van der Waals surface area contributed by atoms with Crippen molar-refractivity contribution in [3.05, 3.63) is 29.8 Å². The molecule has 0 radical (unpaired) electrons. The highest BCUT2D eigenvalue weighted by Crippen LogP contribution is 2.33. The second kappa shape index (κ2) is 5.98. The van der Waals surface area contributed by atoms with E-state index in [-0.39, 0.29) is 0 Å². The molecular weight excluding hydrogens is 258 g/mol. The van der Waals surface area contributed by atoms with E-state index in [2.05, 4.69) is 39.4 Å². The van der Waals surface area contributed by atoms with Crippen LogP contribution in [0.15, 0.2) is 24.3 Å². The van der Waals surface area contributed by atoms with Crippen LogP contribution in [0.4, 0.5) is 5.69 Å². The standard InChI is InChI=1S/C18H27N3/c1-2-7-18-17(6-1)15(13-19-18)8-12-20-9-4-11-21-10-3-5-16(21)14-20/h1-2,6-7,15-16,19H,3-5,8-14H2. The van der Waals surface area contributed by atoms with Gasteiger partial charge in [-0.1, -0.05) is 18.2 Å². The Balaban J connectivity index is 1.35. The van der Waals surface area contributed by atoms with Crippen LogP contribution in [-0.2, 0) is 0 Å². The van der Waals surface area contributed by atoms with Gasteiger partial charge < -0.3 is 10.2 Å². The maximum Gasteiger partial charge on any atom is 0.0376 e. The van der Waals surface area contributed by atoms with Crippen LogP contribution < -0.4 is 5.32 Å². The highest BCUT2D eigenvalue weighted by Gasteiger charge is 2.29. The van der Waals surface area contributed by atoms with Crippen molar-refractivity contribution < 1.29 is 0 Å². The summed E-state index contributed by atoms with van der Waals surface area (Å²) in [6, 6.07) is 9.69. The molecule has 114 valence electrons. The summed E-state index contributed by atoms with van der Waals surface area (Å²) in [7, 11) is 0. The number of benzene rings is 1. The topological polar surface area (TPSA) is 18.5 Å². The van der Waals surface area contributed by atoms with Gasteiger partial charge in [0.05, 0.1) is 0 Å². The Morgan fingerprint density at radius 3 is 3.00 bits per heavy atom. The zero-order valence-electron chi connectivity index (χ0n) is 12.9. The molecule has 2 saturated heterocycles. The fourth-order valence-electron chi connectivity index (χ4n) is 4.44. The quantitative estimate of drug-likeness (QED) is 0.921. The predicted molar refractivity (Wildman–Crippen MR) is 87.9 cm³/mol. The summed E-state index contributed by atoms with van der Waals surface area (Å²) in [5.41, 5.74) is 2.90. The summed E-state index contributed by atoms with van der Waals surface area (Å²) in [5, 5.41) is 3.56. The number of anilines is 1. The molecule has 3 heterocycles. The van der Waals surface area contributed by atoms with E-state index >= 15 is 0 Å². The van der Waals surface area contributed by atoms with Crippen LogP contribution in [0.3, 0.4) is 0 Å². The molecule has 0 spiro atoms. The Hall–Kier alpha value is -1.06. The number of hydrogen-bond acceptors (Lipinski definition) is 3. The normalized spacial score (nSPS) is 29.7. The number of nitrogens with one attached hydrogen (secondary N) is 1. The summed E-state index contributed by atoms with van der Waals surface area (Å²) < 4.78 is 0. The molecule has 1 aromatic carbocycles. The van der Waals surface area contributed by atoms with E-state index < -0.39 is 0 Å². The van der Waals surface area contributed by atoms with Gasteiger partial charge in [0, 0.05) is 30.7 Å². The first-order chi connectivity index (χ1) is 10.4. The van der Waals surface area contributed by atoms with Crippen LogP contribution in [0.25, 0.3) is 0 Å². The zero-order valence-corrected chi connectivity index (χ0v) is 12.9. The average Bonchev–Trinajstić information content (AvgIpc) is 3.08. The van der Waals surface area contributed by atoms with Gasteiger partial charge in [0.25, 0.3) is 0 Å². The van der Waals surface area contributed by atoms with Gasteiger partial charge >= 0.3 is 0 Å². The fraction of sp³-hybridized carbons (Fsp3) is 0.667. The molecule has 1 aromatic rings. The first kappa shape index (κ1) is 13.6. The Kier molecular flexibility index (Phi) is 3.87. The van der Waals surface area contributed by atoms with Crippen molar-refractivity contribution in [2.75, 3.05) is 44.6 Å². The molecule has 0 saturated carbocycles. The van der Waals surface area contributed by atoms with E-state index in [4.69, 9.17) is 0 Å². The largest absolute Gasteiger partial charge is 0.384 e. The first-order valence-electron chi connectivity index (χ1n) is 8.69. The number of fused-ring (bicyclic) bond motifs is 2. The third-order valence-electron chi connectivity index (χ3n) is 5.62. The molecule has 2 atom stereocenters. The van der Waals surface area contributed by atoms with Crippen molar-refractivity contribution in [2.45, 2.75) is 37.6 Å². The zero-order chi connectivity index (χ0) is 14.1. The van der Waals surface area contributed by atoms with Crippen LogP contribution in [-0.4, -0.2) is 55.1 Å². The fourth-order valence-corrected chi connectivity index (χ4v) is 4.44. The molecule has 3 aliphatic heterocycles. The third kappa shape index (κ3) is 2.82. The molecule has 2 fully saturated rings. The lowest BCUT2D eigenvalue weighted by Crippen LogP contribution is -2.37. The first-order valence-corrected chi connectivity index (χ1v) is 8.69. The minimum Gasteiger partial charge on any atom is -0.384 e. The van der Waals surface area contributed by atoms with Crippen molar-refractivity contribution >= 4 is 5.69 Å². The highest BCUT2D eigenvalue weighted by molar-refractivity contribution is 5.57. The number of nitrogens with zero attached hydrogens (tertiary/aromatic N) is 2. The van der Waals surface area contributed by atoms with Gasteiger partial charge in [-0.05, 0) is 63.5 Å². The van der Waals surface area contributed by atoms with Gasteiger partial charge in [0.2, 0.25) is 0 Å². The van der Waals surface area contributed by atoms with Crippen molar-refractivity contribution in [1.82, 2.24) is 9.80 Å². The van der Waals surface area contributed by atoms with E-state index in [9.17, 15) is 0 Å². The molecule has 3 nitrogen and oxygen atoms in total. The van der Waals surface area contributed by atoms with Gasteiger partial charge in [0.1, 0.15) is 0 Å². The van der Waals surface area contributed by atoms with E-state index in [1.165, 1.54) is 69.7 Å². The molecule has 3 heteroatoms. The summed E-state index contributed by atoms with van der Waals surface area (Å²) >= 11 is 0. The van der Waals surface area contributed by atoms with Gasteiger partial charge in [-0.25, -0.2) is 0 Å². The average molecular weight is 285 g/mol. The Bertz CT molecular complexity index is 487. The molecule has 0 aromatic heterocycles. The van der Waals surface area contributed by atoms with Crippen LogP contribution in [0.2, 0.25) is 0 Å². The Labute approximate surface area is 128 Å². The van der Waals surface area contributed by atoms with E-state index in [1.807, 2.05) is 0 Å². The summed E-state index contributed by atoms with van der Waals surface area (Å²) in [6.45, 7) is 7.68. The lowest BCUT2D eigenvalue weighted by molar-refractivity contribution is 0.216. The highest BCUT2D eigenvalue weighted by atomic mass is 15.3. The maximum absolute atomic E-state index is 3.56. The van der Waals surface area contributed by atoms with E-state index in [0.717, 1.165) is 12.6 Å². The lowest BCUT2D eigenvalue weighted by atomic mass is 9.97. The predicted octanol–water partition coefficient (Wildman–Crippen LogP) is 2.76. The van der Waals surface area contributed by atoms with E-state index in [0.29, 0.717) is 5.92 Å². The van der Waals surface area contributed by atoms with Crippen LogP contribution >= 0.6 is 0 Å². The van der Waals surface area contributed by atoms with E-state index in [1.54, 1.807) is 0 Å².